The highest BCUT2D eigenvalue weighted by Crippen LogP contribution is 2.38. The highest BCUT2D eigenvalue weighted by molar-refractivity contribution is 6.02. The lowest BCUT2D eigenvalue weighted by Gasteiger charge is -2.29. The number of ether oxygens (including phenoxy) is 1. The molecule has 1 atom stereocenters. The molecule has 1 aliphatic heterocycles. The van der Waals surface area contributed by atoms with Gasteiger partial charge in [-0.15, -0.1) is 0 Å². The molecule has 1 aromatic carbocycles. The fourth-order valence-electron chi connectivity index (χ4n) is 3.07. The predicted octanol–water partition coefficient (Wildman–Crippen LogP) is 2.66. The van der Waals surface area contributed by atoms with Crippen LogP contribution in [0.5, 0.6) is 0 Å². The van der Waals surface area contributed by atoms with Gasteiger partial charge in [0.15, 0.2) is 0 Å². The van der Waals surface area contributed by atoms with Crippen molar-refractivity contribution in [2.75, 3.05) is 11.9 Å². The van der Waals surface area contributed by atoms with Crippen LogP contribution in [-0.2, 0) is 9.53 Å². The van der Waals surface area contributed by atoms with Gasteiger partial charge in [-0.3, -0.25) is 4.98 Å². The number of fused-ring (bicyclic) bond motifs is 1. The molecule has 3 heterocycles. The van der Waals surface area contributed by atoms with Gasteiger partial charge in [-0.1, -0.05) is 36.4 Å². The smallest absolute Gasteiger partial charge is 0.338 e. The second-order valence-electron chi connectivity index (χ2n) is 5.72. The summed E-state index contributed by atoms with van der Waals surface area (Å²) in [5.74, 6) is 0.166. The molecule has 26 heavy (non-hydrogen) atoms. The van der Waals surface area contributed by atoms with E-state index >= 15 is 0 Å². The second-order valence-corrected chi connectivity index (χ2v) is 5.72. The SMILES string of the molecule is CCOC(=O)C1=C(c2ccccc2)Nc2ncnn2[C@H]1c1cccnc1. The number of esters is 1. The average Bonchev–Trinajstić information content (AvgIpc) is 3.16. The zero-order valence-electron chi connectivity index (χ0n) is 14.2. The van der Waals surface area contributed by atoms with Gasteiger partial charge in [0.05, 0.1) is 17.9 Å². The van der Waals surface area contributed by atoms with Gasteiger partial charge in [-0.2, -0.15) is 10.1 Å². The maximum Gasteiger partial charge on any atom is 0.338 e. The van der Waals surface area contributed by atoms with Gasteiger partial charge in [-0.05, 0) is 24.1 Å². The molecule has 0 radical (unpaired) electrons. The van der Waals surface area contributed by atoms with E-state index in [1.54, 1.807) is 24.0 Å². The third kappa shape index (κ3) is 2.73. The van der Waals surface area contributed by atoms with Crippen molar-refractivity contribution in [3.63, 3.8) is 0 Å². The van der Waals surface area contributed by atoms with Crippen LogP contribution < -0.4 is 5.32 Å². The normalized spacial score (nSPS) is 16.0. The van der Waals surface area contributed by atoms with Crippen LogP contribution in [-0.4, -0.2) is 32.3 Å². The molecule has 0 amide bonds. The molecule has 2 aromatic heterocycles. The Morgan fingerprint density at radius 3 is 2.81 bits per heavy atom. The van der Waals surface area contributed by atoms with E-state index in [0.717, 1.165) is 11.1 Å². The van der Waals surface area contributed by atoms with E-state index in [1.165, 1.54) is 6.33 Å². The van der Waals surface area contributed by atoms with Crippen molar-refractivity contribution < 1.29 is 9.53 Å². The van der Waals surface area contributed by atoms with E-state index in [2.05, 4.69) is 20.4 Å². The van der Waals surface area contributed by atoms with Gasteiger partial charge < -0.3 is 10.1 Å². The molecule has 0 bridgehead atoms. The first kappa shape index (κ1) is 16.0. The second kappa shape index (κ2) is 6.79. The number of hydrogen-bond acceptors (Lipinski definition) is 6. The molecule has 0 saturated heterocycles. The molecule has 0 unspecified atom stereocenters. The van der Waals surface area contributed by atoms with Crippen molar-refractivity contribution in [3.8, 4) is 0 Å². The van der Waals surface area contributed by atoms with Gasteiger partial charge in [-0.25, -0.2) is 9.48 Å². The zero-order valence-corrected chi connectivity index (χ0v) is 14.2. The molecule has 130 valence electrons. The molecule has 3 aromatic rings. The Hall–Kier alpha value is -3.48. The number of pyridine rings is 1. The van der Waals surface area contributed by atoms with Crippen molar-refractivity contribution in [3.05, 3.63) is 77.9 Å². The molecule has 7 heteroatoms. The molecule has 4 rings (SSSR count). The van der Waals surface area contributed by atoms with E-state index in [9.17, 15) is 4.79 Å². The summed E-state index contributed by atoms with van der Waals surface area (Å²) in [7, 11) is 0. The Labute approximate surface area is 150 Å². The Kier molecular flexibility index (Phi) is 4.18. The van der Waals surface area contributed by atoms with Crippen LogP contribution in [0.25, 0.3) is 5.70 Å². The van der Waals surface area contributed by atoms with Crippen LogP contribution >= 0.6 is 0 Å². The summed E-state index contributed by atoms with van der Waals surface area (Å²) in [5, 5.41) is 7.54. The lowest BCUT2D eigenvalue weighted by molar-refractivity contribution is -0.138. The Morgan fingerprint density at radius 1 is 1.23 bits per heavy atom. The Bertz CT molecular complexity index is 950. The van der Waals surface area contributed by atoms with Gasteiger partial charge in [0.25, 0.3) is 0 Å². The van der Waals surface area contributed by atoms with Crippen LogP contribution in [0.3, 0.4) is 0 Å². The molecule has 0 aliphatic carbocycles. The Morgan fingerprint density at radius 2 is 2.08 bits per heavy atom. The Balaban J connectivity index is 1.96. The molecule has 0 spiro atoms. The van der Waals surface area contributed by atoms with E-state index in [0.29, 0.717) is 17.2 Å². The predicted molar refractivity (Wildman–Crippen MR) is 96.0 cm³/mol. The van der Waals surface area contributed by atoms with Crippen LogP contribution in [0.1, 0.15) is 24.1 Å². The summed E-state index contributed by atoms with van der Waals surface area (Å²) in [5.41, 5.74) is 2.85. The summed E-state index contributed by atoms with van der Waals surface area (Å²) in [6.45, 7) is 2.07. The van der Waals surface area contributed by atoms with Crippen molar-refractivity contribution in [1.82, 2.24) is 19.7 Å². The minimum Gasteiger partial charge on any atom is -0.463 e. The lowest BCUT2D eigenvalue weighted by atomic mass is 9.94. The fourth-order valence-corrected chi connectivity index (χ4v) is 3.07. The van der Waals surface area contributed by atoms with Crippen molar-refractivity contribution >= 4 is 17.6 Å². The lowest BCUT2D eigenvalue weighted by Crippen LogP contribution is -2.30. The van der Waals surface area contributed by atoms with Crippen LogP contribution in [0.4, 0.5) is 5.95 Å². The minimum atomic E-state index is -0.475. The summed E-state index contributed by atoms with van der Waals surface area (Å²) in [6, 6.07) is 12.9. The quantitative estimate of drug-likeness (QED) is 0.731. The molecule has 7 nitrogen and oxygen atoms in total. The molecule has 1 aliphatic rings. The minimum absolute atomic E-state index is 0.286. The number of rotatable bonds is 4. The van der Waals surface area contributed by atoms with Crippen molar-refractivity contribution in [2.45, 2.75) is 13.0 Å². The number of benzene rings is 1. The third-order valence-electron chi connectivity index (χ3n) is 4.16. The molecular formula is C19H17N5O2. The highest BCUT2D eigenvalue weighted by Gasteiger charge is 2.36. The van der Waals surface area contributed by atoms with Crippen molar-refractivity contribution in [1.29, 1.82) is 0 Å². The molecular weight excluding hydrogens is 330 g/mol. The summed E-state index contributed by atoms with van der Waals surface area (Å²) in [6.07, 6.45) is 4.88. The average molecular weight is 347 g/mol. The topological polar surface area (TPSA) is 81.9 Å². The summed E-state index contributed by atoms with van der Waals surface area (Å²) >= 11 is 0. The standard InChI is InChI=1S/C19H17N5O2/c1-2-26-18(25)15-16(13-7-4-3-5-8-13)23-19-21-12-22-24(19)17(15)14-9-6-10-20-11-14/h3-12,17H,2H2,1H3,(H,21,22,23)/t17-/m0/s1. The number of nitrogens with one attached hydrogen (secondary N) is 1. The fraction of sp³-hybridized carbons (Fsp3) is 0.158. The van der Waals surface area contributed by atoms with E-state index in [1.807, 2.05) is 42.5 Å². The monoisotopic (exact) mass is 347 g/mol. The summed E-state index contributed by atoms with van der Waals surface area (Å²) < 4.78 is 7.03. The maximum atomic E-state index is 12.9. The first-order valence-electron chi connectivity index (χ1n) is 8.32. The molecule has 1 N–H and O–H groups in total. The maximum absolute atomic E-state index is 12.9. The van der Waals surface area contributed by atoms with Gasteiger partial charge >= 0.3 is 5.97 Å². The third-order valence-corrected chi connectivity index (χ3v) is 4.16. The number of aromatic nitrogens is 4. The number of carbonyl (C=O) groups is 1. The van der Waals surface area contributed by atoms with Crippen molar-refractivity contribution in [2.24, 2.45) is 0 Å². The highest BCUT2D eigenvalue weighted by atomic mass is 16.5. The summed E-state index contributed by atoms with van der Waals surface area (Å²) in [4.78, 5) is 21.4. The van der Waals surface area contributed by atoms with E-state index < -0.39 is 12.0 Å². The number of nitrogens with zero attached hydrogens (tertiary/aromatic N) is 4. The largest absolute Gasteiger partial charge is 0.463 e. The van der Waals surface area contributed by atoms with E-state index in [-0.39, 0.29) is 6.61 Å². The molecule has 0 saturated carbocycles. The zero-order chi connectivity index (χ0) is 17.9. The van der Waals surface area contributed by atoms with Gasteiger partial charge in [0.1, 0.15) is 12.4 Å². The number of hydrogen-bond donors (Lipinski definition) is 1. The van der Waals surface area contributed by atoms with E-state index in [4.69, 9.17) is 4.74 Å². The van der Waals surface area contributed by atoms with Gasteiger partial charge in [0.2, 0.25) is 5.95 Å². The number of carbonyl (C=O) groups excluding carboxylic acids is 1. The van der Waals surface area contributed by atoms with Gasteiger partial charge in [0, 0.05) is 12.4 Å². The first-order valence-corrected chi connectivity index (χ1v) is 8.32. The van der Waals surface area contributed by atoms with Crippen LogP contribution in [0.2, 0.25) is 0 Å². The molecule has 0 fully saturated rings. The van der Waals surface area contributed by atoms with Crippen LogP contribution in [0.15, 0.2) is 66.8 Å². The number of anilines is 1. The first-order chi connectivity index (χ1) is 12.8. The van der Waals surface area contributed by atoms with Crippen LogP contribution in [0, 0.1) is 0 Å².